The Morgan fingerprint density at radius 2 is 2.00 bits per heavy atom. The Labute approximate surface area is 162 Å². The second-order valence-corrected chi connectivity index (χ2v) is 6.37. The van der Waals surface area contributed by atoms with Gasteiger partial charge in [0.15, 0.2) is 5.76 Å². The number of furan rings is 1. The van der Waals surface area contributed by atoms with Crippen LogP contribution in [0.1, 0.15) is 21.7 Å². The molecular weight excluding hydrogens is 354 g/mol. The number of aromatic nitrogens is 2. The van der Waals surface area contributed by atoms with Gasteiger partial charge < -0.3 is 14.5 Å². The molecule has 0 aliphatic rings. The van der Waals surface area contributed by atoms with E-state index < -0.39 is 0 Å². The maximum atomic E-state index is 13.0. The molecule has 1 N–H and O–H groups in total. The molecule has 140 valence electrons. The third-order valence-electron chi connectivity index (χ3n) is 4.42. The van der Waals surface area contributed by atoms with Crippen LogP contribution in [0.4, 0.5) is 0 Å². The van der Waals surface area contributed by atoms with Gasteiger partial charge in [-0.3, -0.25) is 4.79 Å². The average molecular weight is 373 g/mol. The van der Waals surface area contributed by atoms with Crippen molar-refractivity contribution in [1.29, 1.82) is 0 Å². The standard InChI is InChI=1S/C22H19N3O3/c1-14-7-8-20(28-14)19-12-17(16-5-3-4-6-18(16)25-19)22(26)24-13-15-9-10-23-21(11-15)27-2/h3-12H,13H2,1-2H3,(H,24,26). The molecule has 28 heavy (non-hydrogen) atoms. The molecule has 1 aromatic carbocycles. The monoisotopic (exact) mass is 373 g/mol. The molecule has 0 radical (unpaired) electrons. The number of hydrogen-bond donors (Lipinski definition) is 1. The summed E-state index contributed by atoms with van der Waals surface area (Å²) in [5.41, 5.74) is 2.82. The first-order valence-corrected chi connectivity index (χ1v) is 8.88. The zero-order valence-corrected chi connectivity index (χ0v) is 15.6. The third-order valence-corrected chi connectivity index (χ3v) is 4.42. The van der Waals surface area contributed by atoms with Gasteiger partial charge in [0.1, 0.15) is 11.5 Å². The first-order valence-electron chi connectivity index (χ1n) is 8.88. The van der Waals surface area contributed by atoms with Gasteiger partial charge in [-0.15, -0.1) is 0 Å². The second-order valence-electron chi connectivity index (χ2n) is 6.37. The van der Waals surface area contributed by atoms with Crippen molar-refractivity contribution in [3.63, 3.8) is 0 Å². The summed E-state index contributed by atoms with van der Waals surface area (Å²) in [7, 11) is 1.56. The van der Waals surface area contributed by atoms with Crippen LogP contribution >= 0.6 is 0 Å². The molecule has 6 nitrogen and oxygen atoms in total. The Morgan fingerprint density at radius 1 is 1.14 bits per heavy atom. The molecule has 6 heteroatoms. The number of amides is 1. The number of aryl methyl sites for hydroxylation is 1. The van der Waals surface area contributed by atoms with Crippen LogP contribution in [0, 0.1) is 6.92 Å². The number of nitrogens with zero attached hydrogens (tertiary/aromatic N) is 2. The van der Waals surface area contributed by atoms with Crippen LogP contribution in [0.5, 0.6) is 5.88 Å². The van der Waals surface area contributed by atoms with Gasteiger partial charge >= 0.3 is 0 Å². The van der Waals surface area contributed by atoms with E-state index in [-0.39, 0.29) is 5.91 Å². The maximum absolute atomic E-state index is 13.0. The molecule has 3 aromatic heterocycles. The number of pyridine rings is 2. The Morgan fingerprint density at radius 3 is 2.79 bits per heavy atom. The smallest absolute Gasteiger partial charge is 0.252 e. The van der Waals surface area contributed by atoms with E-state index in [1.807, 2.05) is 49.4 Å². The van der Waals surface area contributed by atoms with E-state index in [9.17, 15) is 4.79 Å². The van der Waals surface area contributed by atoms with E-state index >= 15 is 0 Å². The molecule has 0 saturated heterocycles. The molecular formula is C22H19N3O3. The van der Waals surface area contributed by atoms with Crippen molar-refractivity contribution < 1.29 is 13.9 Å². The summed E-state index contributed by atoms with van der Waals surface area (Å²) in [6, 6.07) is 16.7. The topological polar surface area (TPSA) is 77.2 Å². The Kier molecular flexibility index (Phi) is 4.76. The van der Waals surface area contributed by atoms with Crippen molar-refractivity contribution in [3.8, 4) is 17.3 Å². The van der Waals surface area contributed by atoms with Gasteiger partial charge in [-0.05, 0) is 42.8 Å². The molecule has 0 saturated carbocycles. The van der Waals surface area contributed by atoms with Crippen molar-refractivity contribution >= 4 is 16.8 Å². The fourth-order valence-corrected chi connectivity index (χ4v) is 3.01. The molecule has 0 aliphatic carbocycles. The highest BCUT2D eigenvalue weighted by atomic mass is 16.5. The number of methoxy groups -OCH3 is 1. The molecule has 4 aromatic rings. The van der Waals surface area contributed by atoms with Crippen LogP contribution in [0.2, 0.25) is 0 Å². The van der Waals surface area contributed by atoms with Crippen LogP contribution in [-0.2, 0) is 6.54 Å². The highest BCUT2D eigenvalue weighted by Crippen LogP contribution is 2.26. The van der Waals surface area contributed by atoms with Gasteiger partial charge in [0.25, 0.3) is 5.91 Å². The van der Waals surface area contributed by atoms with Gasteiger partial charge in [-0.2, -0.15) is 0 Å². The number of rotatable bonds is 5. The molecule has 4 rings (SSSR count). The summed E-state index contributed by atoms with van der Waals surface area (Å²) >= 11 is 0. The van der Waals surface area contributed by atoms with Crippen molar-refractivity contribution in [1.82, 2.24) is 15.3 Å². The largest absolute Gasteiger partial charge is 0.481 e. The molecule has 0 spiro atoms. The van der Waals surface area contributed by atoms with Gasteiger partial charge in [-0.1, -0.05) is 18.2 Å². The zero-order valence-electron chi connectivity index (χ0n) is 15.6. The number of benzene rings is 1. The SMILES string of the molecule is COc1cc(CNC(=O)c2cc(-c3ccc(C)o3)nc3ccccc23)ccn1. The van der Waals surface area contributed by atoms with Crippen molar-refractivity contribution in [2.24, 2.45) is 0 Å². The predicted molar refractivity (Wildman–Crippen MR) is 106 cm³/mol. The lowest BCUT2D eigenvalue weighted by Crippen LogP contribution is -2.23. The number of nitrogens with one attached hydrogen (secondary N) is 1. The van der Waals surface area contributed by atoms with Gasteiger partial charge in [0, 0.05) is 24.2 Å². The Bertz CT molecular complexity index is 1150. The van der Waals surface area contributed by atoms with Gasteiger partial charge in [-0.25, -0.2) is 9.97 Å². The number of fused-ring (bicyclic) bond motifs is 1. The van der Waals surface area contributed by atoms with Crippen LogP contribution in [0.25, 0.3) is 22.4 Å². The molecule has 1 amide bonds. The number of carbonyl (C=O) groups excluding carboxylic acids is 1. The van der Waals surface area contributed by atoms with Crippen LogP contribution < -0.4 is 10.1 Å². The highest BCUT2D eigenvalue weighted by Gasteiger charge is 2.15. The van der Waals surface area contributed by atoms with Crippen molar-refractivity contribution in [2.45, 2.75) is 13.5 Å². The van der Waals surface area contributed by atoms with Crippen molar-refractivity contribution in [2.75, 3.05) is 7.11 Å². The first kappa shape index (κ1) is 17.7. The first-order chi connectivity index (χ1) is 13.6. The molecule has 0 atom stereocenters. The van der Waals surface area contributed by atoms with E-state index in [4.69, 9.17) is 9.15 Å². The number of carbonyl (C=O) groups is 1. The lowest BCUT2D eigenvalue weighted by molar-refractivity contribution is 0.0952. The van der Waals surface area contributed by atoms with E-state index in [0.717, 1.165) is 22.2 Å². The summed E-state index contributed by atoms with van der Waals surface area (Å²) in [5.74, 6) is 1.76. The lowest BCUT2D eigenvalue weighted by atomic mass is 10.1. The summed E-state index contributed by atoms with van der Waals surface area (Å²) in [6.45, 7) is 2.24. The Balaban J connectivity index is 1.67. The van der Waals surface area contributed by atoms with Gasteiger partial charge in [0.05, 0.1) is 18.2 Å². The quantitative estimate of drug-likeness (QED) is 0.569. The minimum Gasteiger partial charge on any atom is -0.481 e. The maximum Gasteiger partial charge on any atom is 0.252 e. The minimum atomic E-state index is -0.182. The normalized spacial score (nSPS) is 10.8. The number of ether oxygens (including phenoxy) is 1. The average Bonchev–Trinajstić information content (AvgIpc) is 3.17. The zero-order chi connectivity index (χ0) is 19.5. The van der Waals surface area contributed by atoms with Crippen LogP contribution in [0.3, 0.4) is 0 Å². The fraction of sp³-hybridized carbons (Fsp3) is 0.136. The molecule has 0 bridgehead atoms. The lowest BCUT2D eigenvalue weighted by Gasteiger charge is -2.10. The summed E-state index contributed by atoms with van der Waals surface area (Å²) < 4.78 is 10.8. The number of para-hydroxylation sites is 1. The van der Waals surface area contributed by atoms with E-state index in [1.54, 1.807) is 25.4 Å². The van der Waals surface area contributed by atoms with Crippen LogP contribution in [-0.4, -0.2) is 23.0 Å². The molecule has 3 heterocycles. The van der Waals surface area contributed by atoms with E-state index in [0.29, 0.717) is 29.4 Å². The number of hydrogen-bond acceptors (Lipinski definition) is 5. The third kappa shape index (κ3) is 3.57. The predicted octanol–water partition coefficient (Wildman–Crippen LogP) is 4.14. The van der Waals surface area contributed by atoms with E-state index in [2.05, 4.69) is 15.3 Å². The molecule has 0 unspecified atom stereocenters. The minimum absolute atomic E-state index is 0.182. The molecule has 0 fully saturated rings. The van der Waals surface area contributed by atoms with E-state index in [1.165, 1.54) is 0 Å². The van der Waals surface area contributed by atoms with Crippen LogP contribution in [0.15, 0.2) is 65.2 Å². The Hall–Kier alpha value is -3.67. The highest BCUT2D eigenvalue weighted by molar-refractivity contribution is 6.07. The summed E-state index contributed by atoms with van der Waals surface area (Å²) in [6.07, 6.45) is 1.65. The summed E-state index contributed by atoms with van der Waals surface area (Å²) in [5, 5.41) is 3.75. The molecule has 0 aliphatic heterocycles. The summed E-state index contributed by atoms with van der Waals surface area (Å²) in [4.78, 5) is 21.7. The fourth-order valence-electron chi connectivity index (χ4n) is 3.01. The van der Waals surface area contributed by atoms with Gasteiger partial charge in [0.2, 0.25) is 5.88 Å². The second kappa shape index (κ2) is 7.52. The van der Waals surface area contributed by atoms with Crippen molar-refractivity contribution in [3.05, 3.63) is 77.7 Å².